The second kappa shape index (κ2) is 12.5. The molecule has 0 N–H and O–H groups in total. The number of halogens is 1. The van der Waals surface area contributed by atoms with Gasteiger partial charge in [-0.15, -0.1) is 0 Å². The summed E-state index contributed by atoms with van der Waals surface area (Å²) in [6.45, 7) is 4.43. The van der Waals surface area contributed by atoms with Crippen LogP contribution in [0.2, 0.25) is 0 Å². The molecule has 0 saturated carbocycles. The molecule has 0 bridgehead atoms. The Morgan fingerprint density at radius 2 is 1.71 bits per heavy atom. The molecule has 0 aromatic heterocycles. The molecule has 0 fully saturated rings. The Balaban J connectivity index is 1.56. The van der Waals surface area contributed by atoms with Crippen LogP contribution in [0.25, 0.3) is 11.1 Å². The number of unbranched alkanes of at least 4 members (excludes halogenated alkanes) is 4. The molecule has 3 rings (SSSR count). The second-order valence-electron chi connectivity index (χ2n) is 8.96. The fraction of sp³-hybridized carbons (Fsp3) is 0.467. The summed E-state index contributed by atoms with van der Waals surface area (Å²) in [6.07, 6.45) is 15.9. The topological polar surface area (TPSA) is 0 Å². The predicted molar refractivity (Wildman–Crippen MR) is 132 cm³/mol. The van der Waals surface area contributed by atoms with Crippen molar-refractivity contribution in [2.75, 3.05) is 0 Å². The lowest BCUT2D eigenvalue weighted by atomic mass is 9.86. The molecule has 1 atom stereocenters. The van der Waals surface area contributed by atoms with Gasteiger partial charge in [-0.1, -0.05) is 94.6 Å². The fourth-order valence-electron chi connectivity index (χ4n) is 4.34. The van der Waals surface area contributed by atoms with Crippen molar-refractivity contribution in [1.29, 1.82) is 0 Å². The highest BCUT2D eigenvalue weighted by molar-refractivity contribution is 5.65. The van der Waals surface area contributed by atoms with Gasteiger partial charge in [0, 0.05) is 11.1 Å². The third-order valence-corrected chi connectivity index (χ3v) is 6.40. The maximum Gasteiger partial charge on any atom is 0.131 e. The van der Waals surface area contributed by atoms with Gasteiger partial charge in [-0.25, -0.2) is 4.39 Å². The van der Waals surface area contributed by atoms with Gasteiger partial charge in [0.2, 0.25) is 0 Å². The zero-order valence-corrected chi connectivity index (χ0v) is 19.4. The van der Waals surface area contributed by atoms with E-state index < -0.39 is 0 Å². The van der Waals surface area contributed by atoms with Gasteiger partial charge in [0.25, 0.3) is 0 Å². The summed E-state index contributed by atoms with van der Waals surface area (Å²) in [5, 5.41) is 0. The highest BCUT2D eigenvalue weighted by Crippen LogP contribution is 2.28. The summed E-state index contributed by atoms with van der Waals surface area (Å²) < 4.78 is 14.6. The lowest BCUT2D eigenvalue weighted by Gasteiger charge is -2.19. The van der Waals surface area contributed by atoms with Gasteiger partial charge in [0.05, 0.1) is 0 Å². The Kier molecular flexibility index (Phi) is 9.41. The number of hydrogen-bond donors (Lipinski definition) is 0. The summed E-state index contributed by atoms with van der Waals surface area (Å²) in [4.78, 5) is 0. The van der Waals surface area contributed by atoms with Crippen molar-refractivity contribution in [2.45, 2.75) is 84.5 Å². The van der Waals surface area contributed by atoms with Gasteiger partial charge in [0.15, 0.2) is 0 Å². The van der Waals surface area contributed by atoms with Crippen molar-refractivity contribution in [1.82, 2.24) is 0 Å². The smallest absolute Gasteiger partial charge is 0.131 e. The molecule has 2 aromatic rings. The zero-order chi connectivity index (χ0) is 21.9. The minimum Gasteiger partial charge on any atom is -0.206 e. The van der Waals surface area contributed by atoms with Gasteiger partial charge in [0.1, 0.15) is 5.82 Å². The molecule has 0 radical (unpaired) electrons. The van der Waals surface area contributed by atoms with Gasteiger partial charge in [-0.3, -0.25) is 0 Å². The summed E-state index contributed by atoms with van der Waals surface area (Å²) in [6, 6.07) is 13.6. The Hall–Kier alpha value is -2.33. The molecular formula is C30H37F. The van der Waals surface area contributed by atoms with Gasteiger partial charge >= 0.3 is 0 Å². The van der Waals surface area contributed by atoms with Gasteiger partial charge in [-0.2, -0.15) is 0 Å². The molecule has 0 heterocycles. The molecule has 1 heteroatoms. The molecule has 164 valence electrons. The molecule has 1 aliphatic rings. The van der Waals surface area contributed by atoms with E-state index in [0.29, 0.717) is 5.56 Å². The average Bonchev–Trinajstić information content (AvgIpc) is 2.80. The van der Waals surface area contributed by atoms with E-state index in [-0.39, 0.29) is 5.82 Å². The first-order valence-corrected chi connectivity index (χ1v) is 12.3. The molecule has 0 nitrogen and oxygen atoms in total. The Labute approximate surface area is 189 Å². The van der Waals surface area contributed by atoms with Crippen molar-refractivity contribution in [3.8, 4) is 23.0 Å². The number of aryl methyl sites for hydroxylation is 1. The minimum atomic E-state index is -0.135. The molecule has 0 amide bonds. The molecule has 0 spiro atoms. The molecular weight excluding hydrogens is 379 g/mol. The quantitative estimate of drug-likeness (QED) is 0.283. The van der Waals surface area contributed by atoms with Crippen LogP contribution in [0.5, 0.6) is 0 Å². The molecule has 31 heavy (non-hydrogen) atoms. The summed E-state index contributed by atoms with van der Waals surface area (Å²) in [5.41, 5.74) is 4.93. The standard InChI is InChI=1S/C30H37F/c1-3-5-7-8-10-24-11-13-25(14-12-24)15-16-26-17-20-28(21-18-26)29-22-19-27(9-6-4-2)23-30(29)31/h13,17-24H,3-12,14H2,1-2H3. The van der Waals surface area contributed by atoms with E-state index in [1.54, 1.807) is 6.07 Å². The monoisotopic (exact) mass is 416 g/mol. The highest BCUT2D eigenvalue weighted by atomic mass is 19.1. The van der Waals surface area contributed by atoms with E-state index in [4.69, 9.17) is 0 Å². The van der Waals surface area contributed by atoms with Crippen LogP contribution in [0.15, 0.2) is 54.1 Å². The molecule has 0 aliphatic heterocycles. The van der Waals surface area contributed by atoms with Crippen molar-refractivity contribution in [3.05, 3.63) is 71.1 Å². The number of hydrogen-bond acceptors (Lipinski definition) is 0. The summed E-state index contributed by atoms with van der Waals surface area (Å²) in [5.74, 6) is 7.39. The maximum absolute atomic E-state index is 14.6. The highest BCUT2D eigenvalue weighted by Gasteiger charge is 2.13. The summed E-state index contributed by atoms with van der Waals surface area (Å²) >= 11 is 0. The molecule has 0 saturated heterocycles. The van der Waals surface area contributed by atoms with E-state index >= 15 is 0 Å². The molecule has 2 aromatic carbocycles. The van der Waals surface area contributed by atoms with Crippen LogP contribution in [-0.4, -0.2) is 0 Å². The van der Waals surface area contributed by atoms with Crippen LogP contribution >= 0.6 is 0 Å². The number of benzene rings is 2. The Morgan fingerprint density at radius 1 is 0.903 bits per heavy atom. The lowest BCUT2D eigenvalue weighted by molar-refractivity contribution is 0.417. The van der Waals surface area contributed by atoms with Crippen LogP contribution in [0, 0.1) is 23.6 Å². The normalized spacial score (nSPS) is 15.8. The van der Waals surface area contributed by atoms with E-state index in [0.717, 1.165) is 48.3 Å². The predicted octanol–water partition coefficient (Wildman–Crippen LogP) is 8.88. The van der Waals surface area contributed by atoms with Crippen LogP contribution in [0.1, 0.15) is 89.2 Å². The molecule has 1 aliphatic carbocycles. The minimum absolute atomic E-state index is 0.135. The first kappa shape index (κ1) is 23.3. The third-order valence-electron chi connectivity index (χ3n) is 6.40. The second-order valence-corrected chi connectivity index (χ2v) is 8.96. The average molecular weight is 417 g/mol. The first-order valence-electron chi connectivity index (χ1n) is 12.3. The van der Waals surface area contributed by atoms with Crippen molar-refractivity contribution >= 4 is 0 Å². The number of rotatable bonds is 9. The van der Waals surface area contributed by atoms with E-state index in [9.17, 15) is 4.39 Å². The molecule has 1 unspecified atom stereocenters. The Bertz CT molecular complexity index is 908. The van der Waals surface area contributed by atoms with E-state index in [2.05, 4.69) is 37.8 Å². The maximum atomic E-state index is 14.6. The zero-order valence-electron chi connectivity index (χ0n) is 19.4. The summed E-state index contributed by atoms with van der Waals surface area (Å²) in [7, 11) is 0. The lowest BCUT2D eigenvalue weighted by Crippen LogP contribution is -2.05. The van der Waals surface area contributed by atoms with Gasteiger partial charge < -0.3 is 0 Å². The largest absolute Gasteiger partial charge is 0.206 e. The van der Waals surface area contributed by atoms with Crippen LogP contribution < -0.4 is 0 Å². The van der Waals surface area contributed by atoms with Crippen molar-refractivity contribution < 1.29 is 4.39 Å². The van der Waals surface area contributed by atoms with Crippen LogP contribution in [0.3, 0.4) is 0 Å². The Morgan fingerprint density at radius 3 is 2.39 bits per heavy atom. The van der Waals surface area contributed by atoms with E-state index in [1.807, 2.05) is 30.3 Å². The van der Waals surface area contributed by atoms with Gasteiger partial charge in [-0.05, 0) is 72.9 Å². The van der Waals surface area contributed by atoms with Crippen LogP contribution in [0.4, 0.5) is 4.39 Å². The third kappa shape index (κ3) is 7.39. The first-order chi connectivity index (χ1) is 15.2. The van der Waals surface area contributed by atoms with E-state index in [1.165, 1.54) is 50.5 Å². The van der Waals surface area contributed by atoms with Crippen molar-refractivity contribution in [3.63, 3.8) is 0 Å². The number of allylic oxidation sites excluding steroid dienone is 2. The van der Waals surface area contributed by atoms with Crippen LogP contribution in [-0.2, 0) is 6.42 Å². The van der Waals surface area contributed by atoms with Crippen molar-refractivity contribution in [2.24, 2.45) is 5.92 Å². The SMILES string of the molecule is CCCCCCC1CC=C(C#Cc2ccc(-c3ccc(CCCC)cc3F)cc2)CC1. The fourth-order valence-corrected chi connectivity index (χ4v) is 4.34.